The van der Waals surface area contributed by atoms with Crippen LogP contribution in [0.5, 0.6) is 0 Å². The van der Waals surface area contributed by atoms with Crippen molar-refractivity contribution in [2.75, 3.05) is 12.0 Å². The first kappa shape index (κ1) is 19.5. The average molecular weight is 315 g/mol. The number of aliphatic hydroxyl groups excluding tert-OH is 1. The van der Waals surface area contributed by atoms with E-state index in [9.17, 15) is 9.59 Å². The summed E-state index contributed by atoms with van der Waals surface area (Å²) in [6, 6.07) is -1.45. The zero-order chi connectivity index (χ0) is 16.4. The van der Waals surface area contributed by atoms with Crippen molar-refractivity contribution in [1.29, 1.82) is 0 Å². The lowest BCUT2D eigenvalue weighted by atomic mass is 10.1. The zero-order valence-corrected chi connectivity index (χ0v) is 13.6. The molecular weight excluding hydrogens is 290 g/mol. The lowest BCUT2D eigenvalue weighted by Crippen LogP contribution is -2.50. The highest BCUT2D eigenvalue weighted by molar-refractivity contribution is 7.98. The molecule has 0 unspecified atom stereocenters. The number of nitrogens with two attached hydrogens (primary N) is 2. The first-order chi connectivity index (χ1) is 9.77. The highest BCUT2D eigenvalue weighted by atomic mass is 32.2. The summed E-state index contributed by atoms with van der Waals surface area (Å²) in [5, 5.41) is 11.7. The molecular formula is C14H25N3O3S. The zero-order valence-electron chi connectivity index (χ0n) is 12.8. The second-order valence-corrected chi connectivity index (χ2v) is 5.86. The summed E-state index contributed by atoms with van der Waals surface area (Å²) >= 11 is 1.60. The number of aliphatic hydroxyl groups is 1. The molecule has 0 aromatic carbocycles. The number of hydrogen-bond acceptors (Lipinski definition) is 5. The summed E-state index contributed by atoms with van der Waals surface area (Å²) in [6.07, 6.45) is 5.94. The van der Waals surface area contributed by atoms with Crippen LogP contribution in [-0.2, 0) is 9.59 Å². The fourth-order valence-corrected chi connectivity index (χ4v) is 2.02. The van der Waals surface area contributed by atoms with E-state index in [1.54, 1.807) is 31.7 Å². The third-order valence-corrected chi connectivity index (χ3v) is 3.41. The van der Waals surface area contributed by atoms with Gasteiger partial charge in [0, 0.05) is 0 Å². The van der Waals surface area contributed by atoms with Crippen LogP contribution in [0.1, 0.15) is 26.7 Å². The van der Waals surface area contributed by atoms with Crippen LogP contribution in [0.2, 0.25) is 0 Å². The quantitative estimate of drug-likeness (QED) is 0.371. The SMILES string of the molecule is CSCC[C@H](N)C(=O)N[C@H](C/C(C)=C/C=C(\C)O)C(N)=O. The fraction of sp³-hybridized carbons (Fsp3) is 0.571. The number of nitrogens with one attached hydrogen (secondary N) is 1. The maximum Gasteiger partial charge on any atom is 0.240 e. The van der Waals surface area contributed by atoms with Crippen molar-refractivity contribution in [3.63, 3.8) is 0 Å². The number of allylic oxidation sites excluding steroid dienone is 3. The number of amides is 2. The summed E-state index contributed by atoms with van der Waals surface area (Å²) < 4.78 is 0. The minimum Gasteiger partial charge on any atom is -0.513 e. The van der Waals surface area contributed by atoms with Crippen LogP contribution in [0, 0.1) is 0 Å². The van der Waals surface area contributed by atoms with Gasteiger partial charge in [0.25, 0.3) is 0 Å². The molecule has 0 saturated carbocycles. The van der Waals surface area contributed by atoms with Gasteiger partial charge in [-0.15, -0.1) is 0 Å². The molecule has 0 rings (SSSR count). The normalized spacial score (nSPS) is 15.4. The van der Waals surface area contributed by atoms with Crippen molar-refractivity contribution in [3.05, 3.63) is 23.5 Å². The monoisotopic (exact) mass is 315 g/mol. The van der Waals surface area contributed by atoms with Crippen molar-refractivity contribution >= 4 is 23.6 Å². The summed E-state index contributed by atoms with van der Waals surface area (Å²) in [6.45, 7) is 3.33. The number of thioether (sulfide) groups is 1. The van der Waals surface area contributed by atoms with E-state index >= 15 is 0 Å². The maximum atomic E-state index is 11.9. The molecule has 0 aromatic heterocycles. The van der Waals surface area contributed by atoms with Crippen LogP contribution in [0.3, 0.4) is 0 Å². The van der Waals surface area contributed by atoms with Gasteiger partial charge in [0.05, 0.1) is 11.8 Å². The van der Waals surface area contributed by atoms with Crippen LogP contribution in [0.25, 0.3) is 0 Å². The van der Waals surface area contributed by atoms with Crippen molar-refractivity contribution in [1.82, 2.24) is 5.32 Å². The number of primary amides is 1. The van der Waals surface area contributed by atoms with E-state index in [1.807, 2.05) is 6.26 Å². The Morgan fingerprint density at radius 2 is 1.95 bits per heavy atom. The van der Waals surface area contributed by atoms with Gasteiger partial charge in [-0.1, -0.05) is 11.6 Å². The summed E-state index contributed by atoms with van der Waals surface area (Å²) in [5.74, 6) is -0.0597. The molecule has 0 fully saturated rings. The first-order valence-electron chi connectivity index (χ1n) is 6.65. The summed E-state index contributed by atoms with van der Waals surface area (Å²) in [7, 11) is 0. The Bertz CT molecular complexity index is 418. The molecule has 7 heteroatoms. The van der Waals surface area contributed by atoms with E-state index in [1.165, 1.54) is 6.08 Å². The molecule has 0 aliphatic carbocycles. The summed E-state index contributed by atoms with van der Waals surface area (Å²) in [4.78, 5) is 23.3. The molecule has 120 valence electrons. The average Bonchev–Trinajstić information content (AvgIpc) is 2.41. The van der Waals surface area contributed by atoms with Gasteiger partial charge in [-0.25, -0.2) is 0 Å². The van der Waals surface area contributed by atoms with Gasteiger partial charge in [0.1, 0.15) is 6.04 Å². The Kier molecular flexibility index (Phi) is 9.56. The van der Waals surface area contributed by atoms with Crippen molar-refractivity contribution in [3.8, 4) is 0 Å². The second kappa shape index (κ2) is 10.3. The number of rotatable bonds is 9. The van der Waals surface area contributed by atoms with Crippen LogP contribution in [0.4, 0.5) is 0 Å². The van der Waals surface area contributed by atoms with Crippen LogP contribution < -0.4 is 16.8 Å². The van der Waals surface area contributed by atoms with Crippen molar-refractivity contribution in [2.24, 2.45) is 11.5 Å². The third-order valence-electron chi connectivity index (χ3n) is 2.76. The van der Waals surface area contributed by atoms with E-state index in [-0.39, 0.29) is 18.1 Å². The molecule has 0 aromatic rings. The number of carbonyl (C=O) groups excluding carboxylic acids is 2. The molecule has 6 nitrogen and oxygen atoms in total. The highest BCUT2D eigenvalue weighted by Gasteiger charge is 2.21. The molecule has 0 bridgehead atoms. The molecule has 0 aliphatic rings. The lowest BCUT2D eigenvalue weighted by molar-refractivity contribution is -0.128. The predicted octanol–water partition coefficient (Wildman–Crippen LogP) is 0.835. The Hall–Kier alpha value is -1.47. The number of carbonyl (C=O) groups is 2. The third kappa shape index (κ3) is 9.14. The molecule has 0 saturated heterocycles. The molecule has 0 radical (unpaired) electrons. The standard InChI is InChI=1S/C14H25N3O3S/c1-9(4-5-10(2)18)8-12(13(16)19)17-14(20)11(15)6-7-21-3/h4-5,11-12,18H,6-8,15H2,1-3H3,(H2,16,19)(H,17,20)/b9-4+,10-5+/t11-,12+/m0/s1. The van der Waals surface area contributed by atoms with Gasteiger partial charge in [0.2, 0.25) is 11.8 Å². The Morgan fingerprint density at radius 3 is 2.43 bits per heavy atom. The smallest absolute Gasteiger partial charge is 0.240 e. The molecule has 6 N–H and O–H groups in total. The predicted molar refractivity (Wildman–Crippen MR) is 86.9 cm³/mol. The molecule has 0 aliphatic heterocycles. The minimum absolute atomic E-state index is 0.160. The Balaban J connectivity index is 4.63. The van der Waals surface area contributed by atoms with E-state index in [2.05, 4.69) is 5.32 Å². The van der Waals surface area contributed by atoms with Gasteiger partial charge in [-0.2, -0.15) is 11.8 Å². The highest BCUT2D eigenvalue weighted by Crippen LogP contribution is 2.07. The van der Waals surface area contributed by atoms with Gasteiger partial charge < -0.3 is 21.9 Å². The molecule has 2 amide bonds. The lowest BCUT2D eigenvalue weighted by Gasteiger charge is -2.18. The topological polar surface area (TPSA) is 118 Å². The van der Waals surface area contributed by atoms with Crippen LogP contribution >= 0.6 is 11.8 Å². The fourth-order valence-electron chi connectivity index (χ4n) is 1.53. The van der Waals surface area contributed by atoms with Gasteiger partial charge >= 0.3 is 0 Å². The Labute approximate surface area is 130 Å². The van der Waals surface area contributed by atoms with Crippen LogP contribution in [0.15, 0.2) is 23.5 Å². The van der Waals surface area contributed by atoms with Crippen molar-refractivity contribution < 1.29 is 14.7 Å². The number of hydrogen-bond donors (Lipinski definition) is 4. The van der Waals surface area contributed by atoms with Gasteiger partial charge in [-0.3, -0.25) is 9.59 Å². The van der Waals surface area contributed by atoms with Gasteiger partial charge in [-0.05, 0) is 44.8 Å². The summed E-state index contributed by atoms with van der Waals surface area (Å²) in [5.41, 5.74) is 11.9. The molecule has 0 heterocycles. The molecule has 21 heavy (non-hydrogen) atoms. The van der Waals surface area contributed by atoms with E-state index in [4.69, 9.17) is 16.6 Å². The van der Waals surface area contributed by atoms with E-state index in [0.29, 0.717) is 6.42 Å². The van der Waals surface area contributed by atoms with Gasteiger partial charge in [0.15, 0.2) is 0 Å². The molecule has 2 atom stereocenters. The maximum absolute atomic E-state index is 11.9. The van der Waals surface area contributed by atoms with Crippen molar-refractivity contribution in [2.45, 2.75) is 38.8 Å². The Morgan fingerprint density at radius 1 is 1.33 bits per heavy atom. The minimum atomic E-state index is -0.804. The van der Waals surface area contributed by atoms with E-state index < -0.39 is 18.0 Å². The largest absolute Gasteiger partial charge is 0.513 e. The molecule has 0 spiro atoms. The van der Waals surface area contributed by atoms with Crippen LogP contribution in [-0.4, -0.2) is 41.0 Å². The second-order valence-electron chi connectivity index (χ2n) is 4.88. The van der Waals surface area contributed by atoms with E-state index in [0.717, 1.165) is 11.3 Å². The first-order valence-corrected chi connectivity index (χ1v) is 8.04.